The number of fused-ring (bicyclic) bond motifs is 1. The average Bonchev–Trinajstić information content (AvgIpc) is 2.82. The fourth-order valence-corrected chi connectivity index (χ4v) is 3.19. The van der Waals surface area contributed by atoms with Gasteiger partial charge in [-0.25, -0.2) is 4.98 Å². The van der Waals surface area contributed by atoms with Crippen molar-refractivity contribution in [1.82, 2.24) is 9.97 Å². The van der Waals surface area contributed by atoms with Gasteiger partial charge < -0.3 is 5.32 Å². The number of H-pyrrole nitrogens is 1. The van der Waals surface area contributed by atoms with Gasteiger partial charge in [0.2, 0.25) is 5.95 Å². The molecule has 0 fully saturated rings. The molecular weight excluding hydrogens is 294 g/mol. The highest BCUT2D eigenvalue weighted by atomic mass is 32.1. The number of nitrogens with one attached hydrogen (secondary N) is 2. The van der Waals surface area contributed by atoms with Crippen LogP contribution in [0.15, 0.2) is 34.4 Å². The maximum atomic E-state index is 12.3. The van der Waals surface area contributed by atoms with E-state index in [2.05, 4.69) is 46.5 Å². The molecule has 0 aliphatic rings. The van der Waals surface area contributed by atoms with Crippen LogP contribution in [0.3, 0.4) is 0 Å². The Morgan fingerprint density at radius 1 is 1.18 bits per heavy atom. The summed E-state index contributed by atoms with van der Waals surface area (Å²) < 4.78 is 0.662. The molecule has 0 unspecified atom stereocenters. The number of aryl methyl sites for hydroxylation is 1. The van der Waals surface area contributed by atoms with Gasteiger partial charge in [-0.15, -0.1) is 11.3 Å². The predicted molar refractivity (Wildman–Crippen MR) is 93.8 cm³/mol. The lowest BCUT2D eigenvalue weighted by Gasteiger charge is -2.20. The van der Waals surface area contributed by atoms with E-state index in [4.69, 9.17) is 0 Å². The van der Waals surface area contributed by atoms with Gasteiger partial charge in [0.25, 0.3) is 5.56 Å². The van der Waals surface area contributed by atoms with E-state index >= 15 is 0 Å². The van der Waals surface area contributed by atoms with Gasteiger partial charge in [0, 0.05) is 16.5 Å². The van der Waals surface area contributed by atoms with E-state index in [9.17, 15) is 4.79 Å². The zero-order chi connectivity index (χ0) is 15.9. The highest BCUT2D eigenvalue weighted by molar-refractivity contribution is 7.17. The Kier molecular flexibility index (Phi) is 3.53. The molecule has 2 aromatic heterocycles. The van der Waals surface area contributed by atoms with Crippen molar-refractivity contribution in [3.05, 3.63) is 45.6 Å². The quantitative estimate of drug-likeness (QED) is 0.746. The molecule has 0 bridgehead atoms. The van der Waals surface area contributed by atoms with Gasteiger partial charge in [-0.2, -0.15) is 0 Å². The molecule has 0 aliphatic carbocycles. The summed E-state index contributed by atoms with van der Waals surface area (Å²) in [5.41, 5.74) is 3.79. The zero-order valence-corrected chi connectivity index (χ0v) is 14.0. The third-order valence-corrected chi connectivity index (χ3v) is 4.25. The minimum atomic E-state index is -0.163. The van der Waals surface area contributed by atoms with Crippen LogP contribution in [0.2, 0.25) is 0 Å². The molecule has 22 heavy (non-hydrogen) atoms. The van der Waals surface area contributed by atoms with E-state index in [1.807, 2.05) is 26.2 Å². The van der Waals surface area contributed by atoms with Crippen molar-refractivity contribution in [2.45, 2.75) is 33.2 Å². The van der Waals surface area contributed by atoms with Gasteiger partial charge in [-0.1, -0.05) is 29.8 Å². The molecule has 0 radical (unpaired) electrons. The monoisotopic (exact) mass is 313 g/mol. The number of hydrogen-bond acceptors (Lipinski definition) is 4. The number of rotatable bonds is 2. The number of anilines is 1. The molecule has 114 valence electrons. The van der Waals surface area contributed by atoms with Crippen LogP contribution < -0.4 is 10.9 Å². The second-order valence-corrected chi connectivity index (χ2v) is 7.36. The first-order valence-electron chi connectivity index (χ1n) is 7.20. The average molecular weight is 313 g/mol. The molecule has 0 saturated carbocycles. The summed E-state index contributed by atoms with van der Waals surface area (Å²) >= 11 is 1.43. The van der Waals surface area contributed by atoms with Crippen molar-refractivity contribution in [1.29, 1.82) is 0 Å². The maximum absolute atomic E-state index is 12.3. The number of aromatic amines is 1. The Bertz CT molecular complexity index is 870. The minimum absolute atomic E-state index is 0.0971. The van der Waals surface area contributed by atoms with Gasteiger partial charge in [-0.05, 0) is 33.3 Å². The van der Waals surface area contributed by atoms with E-state index in [1.165, 1.54) is 16.9 Å². The highest BCUT2D eigenvalue weighted by Gasteiger charge is 2.15. The third kappa shape index (κ3) is 2.90. The van der Waals surface area contributed by atoms with Crippen LogP contribution >= 0.6 is 11.3 Å². The molecule has 3 aromatic rings. The summed E-state index contributed by atoms with van der Waals surface area (Å²) in [5.74, 6) is 0.511. The smallest absolute Gasteiger partial charge is 0.270 e. The third-order valence-electron chi connectivity index (χ3n) is 3.28. The van der Waals surface area contributed by atoms with Crippen LogP contribution in [0, 0.1) is 6.92 Å². The van der Waals surface area contributed by atoms with Crippen molar-refractivity contribution >= 4 is 27.5 Å². The molecule has 5 heteroatoms. The van der Waals surface area contributed by atoms with Crippen molar-refractivity contribution < 1.29 is 0 Å². The highest BCUT2D eigenvalue weighted by Crippen LogP contribution is 2.31. The van der Waals surface area contributed by atoms with Gasteiger partial charge in [-0.3, -0.25) is 9.78 Å². The van der Waals surface area contributed by atoms with E-state index in [1.54, 1.807) is 0 Å². The molecule has 0 atom stereocenters. The molecule has 2 N–H and O–H groups in total. The van der Waals surface area contributed by atoms with Crippen molar-refractivity contribution in [3.63, 3.8) is 0 Å². The summed E-state index contributed by atoms with van der Waals surface area (Å²) in [4.78, 5) is 19.7. The van der Waals surface area contributed by atoms with Crippen LogP contribution in [-0.2, 0) is 0 Å². The van der Waals surface area contributed by atoms with E-state index in [-0.39, 0.29) is 11.1 Å². The van der Waals surface area contributed by atoms with Crippen LogP contribution in [0.1, 0.15) is 26.3 Å². The molecule has 0 spiro atoms. The summed E-state index contributed by atoms with van der Waals surface area (Å²) in [7, 11) is 0. The van der Waals surface area contributed by atoms with E-state index < -0.39 is 0 Å². The molecule has 0 saturated heterocycles. The number of nitrogens with zero attached hydrogens (tertiary/aromatic N) is 1. The number of aromatic nitrogens is 2. The minimum Gasteiger partial charge on any atom is -0.351 e. The molecule has 4 nitrogen and oxygen atoms in total. The second-order valence-electron chi connectivity index (χ2n) is 6.48. The van der Waals surface area contributed by atoms with Crippen LogP contribution in [-0.4, -0.2) is 15.5 Å². The Hall–Kier alpha value is -2.14. The topological polar surface area (TPSA) is 57.8 Å². The standard InChI is InChI=1S/C17H19N3OS/c1-10-5-7-11(8-6-10)12-9-22-14-13(12)18-16(19-15(14)21)20-17(2,3)4/h5-9H,1-4H3,(H2,18,19,20,21). The molecule has 2 heterocycles. The summed E-state index contributed by atoms with van der Waals surface area (Å²) in [6.07, 6.45) is 0. The second kappa shape index (κ2) is 5.25. The normalized spacial score (nSPS) is 11.8. The van der Waals surface area contributed by atoms with Crippen molar-refractivity contribution in [2.24, 2.45) is 0 Å². The Morgan fingerprint density at radius 2 is 1.86 bits per heavy atom. The van der Waals surface area contributed by atoms with Gasteiger partial charge in [0.15, 0.2) is 0 Å². The summed E-state index contributed by atoms with van der Waals surface area (Å²) in [6, 6.07) is 8.27. The fraction of sp³-hybridized carbons (Fsp3) is 0.294. The van der Waals surface area contributed by atoms with Crippen LogP contribution in [0.25, 0.3) is 21.3 Å². The molecular formula is C17H19N3OS. The largest absolute Gasteiger partial charge is 0.351 e. The van der Waals surface area contributed by atoms with Crippen molar-refractivity contribution in [3.8, 4) is 11.1 Å². The summed E-state index contributed by atoms with van der Waals surface area (Å²) in [5, 5.41) is 5.23. The predicted octanol–water partition coefficient (Wildman–Crippen LogP) is 4.17. The molecule has 0 aliphatic heterocycles. The Balaban J connectivity index is 2.16. The molecule has 1 aromatic carbocycles. The van der Waals surface area contributed by atoms with Gasteiger partial charge in [0.1, 0.15) is 4.70 Å². The fourth-order valence-electron chi connectivity index (χ4n) is 2.28. The van der Waals surface area contributed by atoms with Crippen molar-refractivity contribution in [2.75, 3.05) is 5.32 Å². The summed E-state index contributed by atoms with van der Waals surface area (Å²) in [6.45, 7) is 8.16. The lowest BCUT2D eigenvalue weighted by molar-refractivity contribution is 0.626. The lowest BCUT2D eigenvalue weighted by Crippen LogP contribution is -2.28. The first-order valence-corrected chi connectivity index (χ1v) is 8.08. The Morgan fingerprint density at radius 3 is 2.50 bits per heavy atom. The molecule has 0 amide bonds. The van der Waals surface area contributed by atoms with E-state index in [0.717, 1.165) is 16.6 Å². The maximum Gasteiger partial charge on any atom is 0.270 e. The zero-order valence-electron chi connectivity index (χ0n) is 13.2. The van der Waals surface area contributed by atoms with Crippen LogP contribution in [0.4, 0.5) is 5.95 Å². The number of benzene rings is 1. The number of hydrogen-bond donors (Lipinski definition) is 2. The lowest BCUT2D eigenvalue weighted by atomic mass is 10.1. The van der Waals surface area contributed by atoms with Gasteiger partial charge >= 0.3 is 0 Å². The number of thiophene rings is 1. The Labute approximate surface area is 133 Å². The molecule has 3 rings (SSSR count). The van der Waals surface area contributed by atoms with E-state index in [0.29, 0.717) is 10.6 Å². The van der Waals surface area contributed by atoms with Gasteiger partial charge in [0.05, 0.1) is 5.52 Å². The van der Waals surface area contributed by atoms with Crippen LogP contribution in [0.5, 0.6) is 0 Å². The first kappa shape index (κ1) is 14.8. The first-order chi connectivity index (χ1) is 10.3. The SMILES string of the molecule is Cc1ccc(-c2csc3c(=O)[nH]c(NC(C)(C)C)nc23)cc1.